The van der Waals surface area contributed by atoms with Crippen LogP contribution in [0.15, 0.2) is 121 Å². The van der Waals surface area contributed by atoms with Gasteiger partial charge < -0.3 is 57.8 Å². The van der Waals surface area contributed by atoms with Gasteiger partial charge in [0.2, 0.25) is 0 Å². The topological polar surface area (TPSA) is 137 Å². The lowest BCUT2D eigenvalue weighted by Crippen LogP contribution is -1.98. The average molecular weight is 1140 g/mol. The number of ether oxygens (including phenoxy) is 8. The van der Waals surface area contributed by atoms with Crippen molar-refractivity contribution in [3.63, 3.8) is 0 Å². The molecule has 400 valence electrons. The Bertz CT molecular complexity index is 4200. The molecule has 0 radical (unpaired) electrons. The van der Waals surface area contributed by atoms with Crippen molar-refractivity contribution >= 4 is 90.0 Å². The van der Waals surface area contributed by atoms with Gasteiger partial charge in [0.05, 0.1) is 146 Å². The van der Waals surface area contributed by atoms with E-state index in [1.807, 2.05) is 121 Å². The summed E-state index contributed by atoms with van der Waals surface area (Å²) in [6, 6.07) is 38.7. The van der Waals surface area contributed by atoms with E-state index in [1.54, 1.807) is 56.9 Å². The molecule has 13 rings (SSSR count). The highest BCUT2D eigenvalue weighted by molar-refractivity contribution is 6.32. The van der Waals surface area contributed by atoms with Crippen LogP contribution < -0.4 is 37.9 Å². The van der Waals surface area contributed by atoms with Crippen LogP contribution in [0.1, 0.15) is 0 Å². The van der Waals surface area contributed by atoms with Gasteiger partial charge in [-0.25, -0.2) is 0 Å². The molecular formula is C64H48Cl4N4O8. The van der Waals surface area contributed by atoms with Crippen LogP contribution in [-0.4, -0.2) is 76.8 Å². The van der Waals surface area contributed by atoms with Crippen molar-refractivity contribution in [2.75, 3.05) is 56.9 Å². The molecule has 0 aliphatic heterocycles. The van der Waals surface area contributed by atoms with Crippen molar-refractivity contribution in [1.82, 2.24) is 19.9 Å². The molecule has 0 saturated carbocycles. The molecular weight excluding hydrogens is 1090 g/mol. The summed E-state index contributed by atoms with van der Waals surface area (Å²) >= 11 is 26.9. The molecule has 0 spiro atoms. The Balaban J connectivity index is 1.38. The number of hydrogen-bond donors (Lipinski definition) is 4. The number of nitrogens with one attached hydrogen (secondary N) is 4. The van der Waals surface area contributed by atoms with E-state index in [1.165, 1.54) is 0 Å². The first-order valence-corrected chi connectivity index (χ1v) is 26.8. The molecule has 1 aliphatic carbocycles. The van der Waals surface area contributed by atoms with E-state index in [-0.39, 0.29) is 0 Å². The molecule has 16 heteroatoms. The molecule has 12 nitrogen and oxygen atoms in total. The van der Waals surface area contributed by atoms with E-state index >= 15 is 0 Å². The van der Waals surface area contributed by atoms with Gasteiger partial charge in [-0.05, 0) is 70.8 Å². The Morgan fingerprint density at radius 1 is 0.237 bits per heavy atom. The summed E-state index contributed by atoms with van der Waals surface area (Å²) in [5, 5.41) is 5.23. The summed E-state index contributed by atoms with van der Waals surface area (Å²) in [4.78, 5) is 16.1. The van der Waals surface area contributed by atoms with Crippen LogP contribution in [0, 0.1) is 0 Å². The van der Waals surface area contributed by atoms with Crippen LogP contribution in [0.3, 0.4) is 0 Å². The van der Waals surface area contributed by atoms with Crippen LogP contribution in [0.5, 0.6) is 46.0 Å². The second-order valence-electron chi connectivity index (χ2n) is 19.2. The lowest BCUT2D eigenvalue weighted by molar-refractivity contribution is 0.395. The maximum absolute atomic E-state index is 6.72. The molecule has 8 aromatic carbocycles. The monoisotopic (exact) mass is 1140 g/mol. The quantitative estimate of drug-likeness (QED) is 0.0949. The Kier molecular flexibility index (Phi) is 12.5. The third-order valence-electron chi connectivity index (χ3n) is 15.3. The number of benzene rings is 8. The van der Waals surface area contributed by atoms with Gasteiger partial charge in [-0.1, -0.05) is 94.9 Å². The molecule has 0 atom stereocenters. The van der Waals surface area contributed by atoms with Crippen LogP contribution in [-0.2, 0) is 0 Å². The molecule has 4 aromatic heterocycles. The van der Waals surface area contributed by atoms with Gasteiger partial charge in [-0.15, -0.1) is 0 Å². The second kappa shape index (κ2) is 19.7. The molecule has 4 heterocycles. The van der Waals surface area contributed by atoms with Crippen molar-refractivity contribution in [1.29, 1.82) is 0 Å². The van der Waals surface area contributed by atoms with E-state index in [0.29, 0.717) is 133 Å². The minimum absolute atomic E-state index is 0.477. The third kappa shape index (κ3) is 7.57. The van der Waals surface area contributed by atoms with E-state index in [2.05, 4.69) is 19.9 Å². The van der Waals surface area contributed by atoms with Gasteiger partial charge >= 0.3 is 0 Å². The van der Waals surface area contributed by atoms with Gasteiger partial charge in [0.25, 0.3) is 0 Å². The number of fused-ring (bicyclic) bond motifs is 8. The second-order valence-corrected chi connectivity index (χ2v) is 20.9. The van der Waals surface area contributed by atoms with Crippen molar-refractivity contribution < 1.29 is 37.9 Å². The minimum atomic E-state index is 0.477. The smallest absolute Gasteiger partial charge is 0.134 e. The first kappa shape index (κ1) is 51.0. The zero-order chi connectivity index (χ0) is 55.4. The highest BCUT2D eigenvalue weighted by atomic mass is 35.5. The zero-order valence-electron chi connectivity index (χ0n) is 44.3. The lowest BCUT2D eigenvalue weighted by Gasteiger charge is -2.18. The lowest BCUT2D eigenvalue weighted by atomic mass is 9.91. The van der Waals surface area contributed by atoms with Gasteiger partial charge in [0.15, 0.2) is 0 Å². The molecule has 0 saturated heterocycles. The first-order valence-electron chi connectivity index (χ1n) is 25.2. The van der Waals surface area contributed by atoms with E-state index in [4.69, 9.17) is 84.3 Å². The molecule has 16 bridgehead atoms. The minimum Gasteiger partial charge on any atom is -0.496 e. The molecule has 12 aromatic rings. The summed E-state index contributed by atoms with van der Waals surface area (Å²) in [5.74, 6) is 4.07. The third-order valence-corrected chi connectivity index (χ3v) is 16.3. The van der Waals surface area contributed by atoms with E-state index in [0.717, 1.165) is 66.1 Å². The van der Waals surface area contributed by atoms with E-state index < -0.39 is 0 Å². The van der Waals surface area contributed by atoms with Gasteiger partial charge in [0.1, 0.15) is 46.0 Å². The summed E-state index contributed by atoms with van der Waals surface area (Å²) in [6.45, 7) is 0. The zero-order valence-corrected chi connectivity index (χ0v) is 47.3. The van der Waals surface area contributed by atoms with Crippen molar-refractivity contribution in [2.24, 2.45) is 0 Å². The Hall–Kier alpha value is -8.52. The molecule has 4 N–H and O–H groups in total. The number of halogens is 4. The van der Waals surface area contributed by atoms with Crippen LogP contribution >= 0.6 is 46.4 Å². The van der Waals surface area contributed by atoms with Crippen molar-refractivity contribution in [2.45, 2.75) is 0 Å². The number of rotatable bonds is 12. The Morgan fingerprint density at radius 2 is 0.438 bits per heavy atom. The standard InChI is InChI=1S/C64H48Cl4N4O8/c1-73-37-25-41(77-5)53-54-42(78-6)26-38(74-2)50-46(30-11-19-34(66)20-12-30)58(70-60(50)54)56-44(80-8)28-40(76-4)52-48(32-15-23-36(68)24-16-32)64(72-62(52)56)63-47(31-13-21-35(67)22-14-31)51-39(75-3)27-43(79-7)55(61(51)71-63)57-45(49(37)59(53)69-57)29-9-17-33(65)18-10-29/h9-28,69-72H,1-8H3. The summed E-state index contributed by atoms with van der Waals surface area (Å²) in [5.41, 5.74) is 14.5. The molecule has 0 fully saturated rings. The molecule has 80 heavy (non-hydrogen) atoms. The normalized spacial score (nSPS) is 11.8. The number of methoxy groups -OCH3 is 8. The highest BCUT2D eigenvalue weighted by Gasteiger charge is 2.36. The number of aromatic nitrogens is 4. The van der Waals surface area contributed by atoms with Crippen LogP contribution in [0.4, 0.5) is 0 Å². The summed E-state index contributed by atoms with van der Waals surface area (Å²) < 4.78 is 51.8. The van der Waals surface area contributed by atoms with Gasteiger partial charge in [-0.2, -0.15) is 0 Å². The average Bonchev–Trinajstić information content (AvgIpc) is 4.38. The predicted molar refractivity (Wildman–Crippen MR) is 323 cm³/mol. The fourth-order valence-corrected chi connectivity index (χ4v) is 12.4. The molecule has 0 unspecified atom stereocenters. The fourth-order valence-electron chi connectivity index (χ4n) is 11.9. The Labute approximate surface area is 478 Å². The van der Waals surface area contributed by atoms with Crippen molar-refractivity contribution in [3.05, 3.63) is 141 Å². The Morgan fingerprint density at radius 3 is 0.675 bits per heavy atom. The van der Waals surface area contributed by atoms with Crippen LogP contribution in [0.25, 0.3) is 133 Å². The first-order chi connectivity index (χ1) is 39.0. The van der Waals surface area contributed by atoms with Gasteiger partial charge in [0, 0.05) is 66.6 Å². The molecule has 0 amide bonds. The predicted octanol–water partition coefficient (Wildman–Crippen LogP) is 17.9. The summed E-state index contributed by atoms with van der Waals surface area (Å²) in [6.07, 6.45) is 0. The van der Waals surface area contributed by atoms with Crippen molar-refractivity contribution in [3.8, 4) is 136 Å². The largest absolute Gasteiger partial charge is 0.496 e. The van der Waals surface area contributed by atoms with Gasteiger partial charge in [-0.3, -0.25) is 0 Å². The number of hydrogen-bond acceptors (Lipinski definition) is 8. The summed E-state index contributed by atoms with van der Waals surface area (Å²) in [7, 11) is 13.2. The maximum atomic E-state index is 6.72. The number of H-pyrrole nitrogens is 4. The van der Waals surface area contributed by atoms with E-state index in [9.17, 15) is 0 Å². The number of aromatic amines is 4. The fraction of sp³-hybridized carbons (Fsp3) is 0.125. The maximum Gasteiger partial charge on any atom is 0.134 e. The SMILES string of the molecule is COc1cc(OC)c2c(-c3ccc(Cl)cc3)c3[nH]c2c1-c1[nH]c2c(c(OC)cc(OC)c2c1-c1ccc(Cl)cc1)-c1c(OC)cc(OC)c2c(-c4ccc(Cl)cc4)c([nH]c12)-c1c(OC)cc(OC)c2c(-c4ccc(Cl)cc4)c-3[nH]c12. The van der Waals surface area contributed by atoms with Crippen LogP contribution in [0.2, 0.25) is 20.1 Å². The molecule has 1 aliphatic rings. The highest BCUT2D eigenvalue weighted by Crippen LogP contribution is 2.60.